The van der Waals surface area contributed by atoms with Crippen molar-refractivity contribution in [2.24, 2.45) is 0 Å². The van der Waals surface area contributed by atoms with E-state index in [2.05, 4.69) is 9.47 Å². The predicted molar refractivity (Wildman–Crippen MR) is 95.2 cm³/mol. The molecule has 27 heavy (non-hydrogen) atoms. The van der Waals surface area contributed by atoms with Gasteiger partial charge in [0.1, 0.15) is 0 Å². The molecule has 0 fully saturated rings. The molecule has 0 aromatic carbocycles. The number of carbonyl (C=O) groups is 2. The Bertz CT molecular complexity index is 621. The largest absolute Gasteiger partial charge is 2.00 e. The number of esters is 2. The van der Waals surface area contributed by atoms with Crippen molar-refractivity contribution in [3.8, 4) is 0 Å². The van der Waals surface area contributed by atoms with Crippen LogP contribution in [0.25, 0.3) is 0 Å². The van der Waals surface area contributed by atoms with Gasteiger partial charge in [0.05, 0.1) is 32.8 Å². The summed E-state index contributed by atoms with van der Waals surface area (Å²) in [6, 6.07) is 0. The molecule has 0 N–H and O–H groups in total. The predicted octanol–water partition coefficient (Wildman–Crippen LogP) is 0.396. The third-order valence-electron chi connectivity index (χ3n) is 2.22. The molecule has 0 saturated heterocycles. The molecule has 0 unspecified atom stereocenters. The van der Waals surface area contributed by atoms with E-state index < -0.39 is 43.7 Å². The minimum atomic E-state index is -4.22. The zero-order valence-corrected chi connectivity index (χ0v) is 19.0. The molecule has 0 aliphatic carbocycles. The number of ether oxygens (including phenoxy) is 2. The second kappa shape index (κ2) is 17.6. The average molecular weight is 455 g/mol. The molecule has 152 valence electrons. The normalized spacial score (nSPS) is 11.4. The van der Waals surface area contributed by atoms with Gasteiger partial charge in [-0.3, -0.25) is 9.59 Å². The second-order valence-electron chi connectivity index (χ2n) is 4.65. The summed E-state index contributed by atoms with van der Waals surface area (Å²) in [6.45, 7) is 3.35. The van der Waals surface area contributed by atoms with Crippen molar-refractivity contribution in [1.29, 1.82) is 0 Å². The molecule has 0 bridgehead atoms. The van der Waals surface area contributed by atoms with Crippen LogP contribution in [-0.2, 0) is 39.3 Å². The monoisotopic (exact) mass is 454 g/mol. The molecule has 0 aromatic rings. The Morgan fingerprint density at radius 2 is 1.07 bits per heavy atom. The van der Waals surface area contributed by atoms with Gasteiger partial charge in [0, 0.05) is 24.3 Å². The van der Waals surface area contributed by atoms with Crippen molar-refractivity contribution < 1.29 is 45.0 Å². The van der Waals surface area contributed by atoms with Gasteiger partial charge < -0.3 is 18.6 Å². The van der Waals surface area contributed by atoms with E-state index in [1.807, 2.05) is 0 Å². The van der Waals surface area contributed by atoms with E-state index >= 15 is 0 Å². The first-order valence-corrected chi connectivity index (χ1v) is 10.5. The number of hydrogen-bond donors (Lipinski definition) is 0. The van der Waals surface area contributed by atoms with Crippen LogP contribution in [0.4, 0.5) is 0 Å². The van der Waals surface area contributed by atoms with Gasteiger partial charge in [-0.2, -0.15) is 0 Å². The standard InChI is InChI=1S/2C7H12O5S.Ca/c2*1-2-5-12-7(8)4-3-6-13(9,10)11;/h2*2,5H,3-4,6H2,1H3,(H,9,10,11);/q;;+2/p-2/b2*5-2+;. The van der Waals surface area contributed by atoms with Crippen molar-refractivity contribution in [3.05, 3.63) is 24.7 Å². The van der Waals surface area contributed by atoms with Crippen LogP contribution in [0.15, 0.2) is 24.7 Å². The molecule has 0 amide bonds. The summed E-state index contributed by atoms with van der Waals surface area (Å²) in [7, 11) is -8.43. The third kappa shape index (κ3) is 30.5. The fourth-order valence-electron chi connectivity index (χ4n) is 1.19. The quantitative estimate of drug-likeness (QED) is 0.195. The van der Waals surface area contributed by atoms with E-state index in [4.69, 9.17) is 0 Å². The van der Waals surface area contributed by atoms with Crippen molar-refractivity contribution in [1.82, 2.24) is 0 Å². The molecule has 0 aliphatic heterocycles. The van der Waals surface area contributed by atoms with Gasteiger partial charge in [-0.25, -0.2) is 16.8 Å². The van der Waals surface area contributed by atoms with Gasteiger partial charge in [0.25, 0.3) is 0 Å². The summed E-state index contributed by atoms with van der Waals surface area (Å²) in [5.74, 6) is -2.14. The Labute approximate surface area is 189 Å². The van der Waals surface area contributed by atoms with Gasteiger partial charge in [-0.15, -0.1) is 0 Å². The number of hydrogen-bond acceptors (Lipinski definition) is 10. The Morgan fingerprint density at radius 3 is 1.30 bits per heavy atom. The van der Waals surface area contributed by atoms with Crippen LogP contribution in [0.5, 0.6) is 0 Å². The van der Waals surface area contributed by atoms with Gasteiger partial charge in [-0.05, 0) is 26.7 Å². The van der Waals surface area contributed by atoms with Crippen molar-refractivity contribution in [2.75, 3.05) is 11.5 Å². The smallest absolute Gasteiger partial charge is 0.748 e. The second-order valence-corrected chi connectivity index (χ2v) is 7.70. The number of carbonyl (C=O) groups excluding carboxylic acids is 2. The summed E-state index contributed by atoms with van der Waals surface area (Å²) >= 11 is 0. The van der Waals surface area contributed by atoms with E-state index in [1.165, 1.54) is 24.7 Å². The minimum Gasteiger partial charge on any atom is -0.748 e. The molecule has 0 radical (unpaired) electrons. The Kier molecular flexibility index (Phi) is 20.3. The van der Waals surface area contributed by atoms with Gasteiger partial charge in [0.15, 0.2) is 0 Å². The summed E-state index contributed by atoms with van der Waals surface area (Å²) in [5, 5.41) is 0. The fraction of sp³-hybridized carbons (Fsp3) is 0.571. The zero-order chi connectivity index (χ0) is 20.6. The van der Waals surface area contributed by atoms with Crippen LogP contribution in [0.1, 0.15) is 39.5 Å². The number of rotatable bonds is 10. The molecule has 0 aliphatic rings. The minimum absolute atomic E-state index is 0. The summed E-state index contributed by atoms with van der Waals surface area (Å²) in [5.41, 5.74) is 0. The SMILES string of the molecule is C/C=C/OC(=O)CCCS(=O)(=O)[O-].C/C=C/OC(=O)CCCS(=O)(=O)[O-].[Ca+2]. The van der Waals surface area contributed by atoms with Gasteiger partial charge in [-0.1, -0.05) is 12.2 Å². The first kappa shape index (κ1) is 31.2. The summed E-state index contributed by atoms with van der Waals surface area (Å²) in [4.78, 5) is 21.4. The fourth-order valence-corrected chi connectivity index (χ4v) is 2.19. The van der Waals surface area contributed by atoms with Gasteiger partial charge in [0.2, 0.25) is 0 Å². The first-order valence-electron chi connectivity index (χ1n) is 7.39. The zero-order valence-electron chi connectivity index (χ0n) is 15.2. The molecular formula is C14H22CaO10S2. The van der Waals surface area contributed by atoms with Crippen molar-refractivity contribution >= 4 is 69.9 Å². The van der Waals surface area contributed by atoms with Crippen LogP contribution in [0.2, 0.25) is 0 Å². The van der Waals surface area contributed by atoms with E-state index in [0.29, 0.717) is 0 Å². The Balaban J connectivity index is -0.000000411. The van der Waals surface area contributed by atoms with Crippen molar-refractivity contribution in [2.45, 2.75) is 39.5 Å². The Hall–Kier alpha value is -0.500. The summed E-state index contributed by atoms with van der Waals surface area (Å²) in [6.07, 6.45) is 5.34. The van der Waals surface area contributed by atoms with Crippen LogP contribution in [0.3, 0.4) is 0 Å². The number of allylic oxidation sites excluding steroid dienone is 2. The molecular weight excluding hydrogens is 432 g/mol. The topological polar surface area (TPSA) is 167 Å². The van der Waals surface area contributed by atoms with Gasteiger partial charge >= 0.3 is 49.7 Å². The third-order valence-corrected chi connectivity index (χ3v) is 3.80. The molecule has 0 spiro atoms. The van der Waals surface area contributed by atoms with Crippen LogP contribution in [0, 0.1) is 0 Å². The van der Waals surface area contributed by atoms with Crippen LogP contribution in [-0.4, -0.2) is 87.1 Å². The first-order chi connectivity index (χ1) is 11.9. The van der Waals surface area contributed by atoms with E-state index in [-0.39, 0.29) is 63.4 Å². The van der Waals surface area contributed by atoms with Crippen LogP contribution < -0.4 is 0 Å². The maximum atomic E-state index is 10.7. The molecule has 0 rings (SSSR count). The average Bonchev–Trinajstić information content (AvgIpc) is 2.49. The van der Waals surface area contributed by atoms with E-state index in [0.717, 1.165) is 0 Å². The molecule has 0 aromatic heterocycles. The molecule has 10 nitrogen and oxygen atoms in total. The van der Waals surface area contributed by atoms with Crippen molar-refractivity contribution in [3.63, 3.8) is 0 Å². The summed E-state index contributed by atoms with van der Waals surface area (Å²) < 4.78 is 69.6. The maximum absolute atomic E-state index is 10.7. The molecule has 0 heterocycles. The maximum Gasteiger partial charge on any atom is 2.00 e. The Morgan fingerprint density at radius 1 is 0.778 bits per heavy atom. The van der Waals surface area contributed by atoms with Crippen LogP contribution >= 0.6 is 0 Å². The molecule has 13 heteroatoms. The molecule has 0 atom stereocenters. The van der Waals surface area contributed by atoms with E-state index in [9.17, 15) is 35.5 Å². The van der Waals surface area contributed by atoms with E-state index in [1.54, 1.807) is 13.8 Å². The molecule has 0 saturated carbocycles.